The summed E-state index contributed by atoms with van der Waals surface area (Å²) in [5, 5.41) is 9.52. The summed E-state index contributed by atoms with van der Waals surface area (Å²) < 4.78 is 5.90. The van der Waals surface area contributed by atoms with Gasteiger partial charge in [0.05, 0.1) is 6.04 Å². The van der Waals surface area contributed by atoms with Crippen LogP contribution in [0.5, 0.6) is 0 Å². The molecule has 1 amide bonds. The highest BCUT2D eigenvalue weighted by Crippen LogP contribution is 2.26. The van der Waals surface area contributed by atoms with Crippen LogP contribution in [0.25, 0.3) is 0 Å². The van der Waals surface area contributed by atoms with Gasteiger partial charge >= 0.3 is 0 Å². The number of aryl methyl sites for hydroxylation is 1. The first-order chi connectivity index (χ1) is 12.8. The van der Waals surface area contributed by atoms with Crippen LogP contribution < -0.4 is 16.0 Å². The fourth-order valence-corrected chi connectivity index (χ4v) is 3.24. The van der Waals surface area contributed by atoms with Gasteiger partial charge in [0.1, 0.15) is 18.1 Å². The SMILES string of the molecule is CCNC(=NCC(=O)NC(C)(C)C)NCC(c1ccc(C)o1)N1CCCC1.I. The molecule has 1 aliphatic rings. The van der Waals surface area contributed by atoms with Crippen molar-refractivity contribution in [2.75, 3.05) is 32.7 Å². The molecule has 1 unspecified atom stereocenters. The summed E-state index contributed by atoms with van der Waals surface area (Å²) >= 11 is 0. The van der Waals surface area contributed by atoms with Crippen LogP contribution in [0.3, 0.4) is 0 Å². The Balaban J connectivity index is 0.00000392. The number of carbonyl (C=O) groups is 1. The minimum Gasteiger partial charge on any atom is -0.465 e. The summed E-state index contributed by atoms with van der Waals surface area (Å²) in [5.41, 5.74) is -0.254. The summed E-state index contributed by atoms with van der Waals surface area (Å²) in [5.74, 6) is 2.46. The molecule has 0 saturated carbocycles. The number of hydrogen-bond donors (Lipinski definition) is 3. The van der Waals surface area contributed by atoms with E-state index in [0.29, 0.717) is 12.5 Å². The molecule has 0 aromatic carbocycles. The third kappa shape index (κ3) is 8.38. The number of likely N-dealkylation sites (tertiary alicyclic amines) is 1. The maximum absolute atomic E-state index is 12.0. The molecule has 0 bridgehead atoms. The van der Waals surface area contributed by atoms with Crippen molar-refractivity contribution in [3.63, 3.8) is 0 Å². The number of nitrogens with one attached hydrogen (secondary N) is 3. The van der Waals surface area contributed by atoms with E-state index in [-0.39, 0.29) is 48.0 Å². The van der Waals surface area contributed by atoms with E-state index in [1.807, 2.05) is 40.7 Å². The Morgan fingerprint density at radius 2 is 1.93 bits per heavy atom. The van der Waals surface area contributed by atoms with Crippen LogP contribution in [0.4, 0.5) is 0 Å². The summed E-state index contributed by atoms with van der Waals surface area (Å²) in [7, 11) is 0. The summed E-state index contributed by atoms with van der Waals surface area (Å²) in [6, 6.07) is 4.23. The smallest absolute Gasteiger partial charge is 0.242 e. The quantitative estimate of drug-likeness (QED) is 0.302. The molecule has 1 aromatic rings. The molecule has 2 heterocycles. The standard InChI is InChI=1S/C20H35N5O2.HI/c1-6-21-19(23-14-18(26)24-20(3,4)5)22-13-16(25-11-7-8-12-25)17-10-9-15(2)27-17;/h9-10,16H,6-8,11-14H2,1-5H3,(H,24,26)(H2,21,22,23);1H. The highest BCUT2D eigenvalue weighted by atomic mass is 127. The van der Waals surface area contributed by atoms with E-state index in [0.717, 1.165) is 31.2 Å². The number of guanidine groups is 1. The minimum absolute atomic E-state index is 0. The van der Waals surface area contributed by atoms with E-state index in [4.69, 9.17) is 4.42 Å². The first kappa shape index (κ1) is 24.7. The van der Waals surface area contributed by atoms with Crippen LogP contribution >= 0.6 is 24.0 Å². The van der Waals surface area contributed by atoms with Gasteiger partial charge in [-0.1, -0.05) is 0 Å². The Kier molecular flexibility index (Phi) is 10.3. The zero-order chi connectivity index (χ0) is 19.9. The Morgan fingerprint density at radius 1 is 1.25 bits per heavy atom. The van der Waals surface area contributed by atoms with Gasteiger partial charge in [0.25, 0.3) is 0 Å². The van der Waals surface area contributed by atoms with Gasteiger partial charge < -0.3 is 20.4 Å². The van der Waals surface area contributed by atoms with Gasteiger partial charge in [-0.2, -0.15) is 0 Å². The van der Waals surface area contributed by atoms with Gasteiger partial charge in [0.2, 0.25) is 5.91 Å². The van der Waals surface area contributed by atoms with Crippen molar-refractivity contribution < 1.29 is 9.21 Å². The van der Waals surface area contributed by atoms with E-state index in [9.17, 15) is 4.79 Å². The second-order valence-electron chi connectivity index (χ2n) is 8.08. The molecule has 0 radical (unpaired) electrons. The maximum Gasteiger partial charge on any atom is 0.242 e. The molecule has 1 fully saturated rings. The number of halogens is 1. The zero-order valence-electron chi connectivity index (χ0n) is 17.8. The maximum atomic E-state index is 12.0. The second-order valence-corrected chi connectivity index (χ2v) is 8.08. The summed E-state index contributed by atoms with van der Waals surface area (Å²) in [6.07, 6.45) is 2.44. The van der Waals surface area contributed by atoms with E-state index < -0.39 is 0 Å². The van der Waals surface area contributed by atoms with E-state index >= 15 is 0 Å². The van der Waals surface area contributed by atoms with Crippen molar-refractivity contribution in [1.82, 2.24) is 20.9 Å². The molecule has 0 aliphatic carbocycles. The fraction of sp³-hybridized carbons (Fsp3) is 0.700. The number of nitrogens with zero attached hydrogens (tertiary/aromatic N) is 2. The van der Waals surface area contributed by atoms with Crippen molar-refractivity contribution in [2.45, 2.75) is 59.0 Å². The molecular weight excluding hydrogens is 469 g/mol. The van der Waals surface area contributed by atoms with Gasteiger partial charge in [-0.15, -0.1) is 24.0 Å². The summed E-state index contributed by atoms with van der Waals surface area (Å²) in [4.78, 5) is 18.9. The number of rotatable bonds is 7. The summed E-state index contributed by atoms with van der Waals surface area (Å²) in [6.45, 7) is 13.5. The largest absolute Gasteiger partial charge is 0.465 e. The highest BCUT2D eigenvalue weighted by Gasteiger charge is 2.26. The molecule has 2 rings (SSSR count). The van der Waals surface area contributed by atoms with Gasteiger partial charge in [-0.3, -0.25) is 9.69 Å². The van der Waals surface area contributed by atoms with Crippen molar-refractivity contribution in [2.24, 2.45) is 4.99 Å². The normalized spacial score (nSPS) is 16.4. The Bertz CT molecular complexity index is 633. The molecule has 1 aliphatic heterocycles. The van der Waals surface area contributed by atoms with Crippen molar-refractivity contribution in [3.05, 3.63) is 23.7 Å². The van der Waals surface area contributed by atoms with E-state index in [2.05, 4.69) is 31.9 Å². The molecule has 28 heavy (non-hydrogen) atoms. The molecular formula is C20H36IN5O2. The van der Waals surface area contributed by atoms with Crippen LogP contribution in [0.1, 0.15) is 58.1 Å². The van der Waals surface area contributed by atoms with Crippen LogP contribution in [-0.4, -0.2) is 55.0 Å². The lowest BCUT2D eigenvalue weighted by atomic mass is 10.1. The van der Waals surface area contributed by atoms with Crippen molar-refractivity contribution in [1.29, 1.82) is 0 Å². The molecule has 160 valence electrons. The first-order valence-corrected chi connectivity index (χ1v) is 9.92. The minimum atomic E-state index is -0.254. The molecule has 7 nitrogen and oxygen atoms in total. The number of furan rings is 1. The Hall–Kier alpha value is -1.29. The predicted octanol–water partition coefficient (Wildman–Crippen LogP) is 2.81. The third-order valence-electron chi connectivity index (χ3n) is 4.37. The molecule has 1 saturated heterocycles. The number of hydrogen-bond acceptors (Lipinski definition) is 4. The van der Waals surface area contributed by atoms with Crippen LogP contribution in [0.2, 0.25) is 0 Å². The molecule has 1 atom stereocenters. The first-order valence-electron chi connectivity index (χ1n) is 9.92. The van der Waals surface area contributed by atoms with Crippen LogP contribution in [0, 0.1) is 6.92 Å². The number of amides is 1. The van der Waals surface area contributed by atoms with Gasteiger partial charge in [-0.05, 0) is 72.7 Å². The van der Waals surface area contributed by atoms with E-state index in [1.165, 1.54) is 12.8 Å². The van der Waals surface area contributed by atoms with E-state index in [1.54, 1.807) is 0 Å². The lowest BCUT2D eigenvalue weighted by molar-refractivity contribution is -0.121. The average molecular weight is 505 g/mol. The number of aliphatic imine (C=N–C) groups is 1. The molecule has 0 spiro atoms. The van der Waals surface area contributed by atoms with Gasteiger partial charge in [-0.25, -0.2) is 4.99 Å². The van der Waals surface area contributed by atoms with Gasteiger partial charge in [0.15, 0.2) is 5.96 Å². The van der Waals surface area contributed by atoms with Crippen LogP contribution in [0.15, 0.2) is 21.5 Å². The average Bonchev–Trinajstić information content (AvgIpc) is 3.23. The zero-order valence-corrected chi connectivity index (χ0v) is 20.1. The van der Waals surface area contributed by atoms with Gasteiger partial charge in [0, 0.05) is 18.6 Å². The highest BCUT2D eigenvalue weighted by molar-refractivity contribution is 14.0. The predicted molar refractivity (Wildman–Crippen MR) is 124 cm³/mol. The lowest BCUT2D eigenvalue weighted by Gasteiger charge is -2.27. The molecule has 8 heteroatoms. The monoisotopic (exact) mass is 505 g/mol. The number of carbonyl (C=O) groups excluding carboxylic acids is 1. The molecule has 3 N–H and O–H groups in total. The topological polar surface area (TPSA) is 81.9 Å². The Labute approximate surface area is 186 Å². The Morgan fingerprint density at radius 3 is 2.46 bits per heavy atom. The third-order valence-corrected chi connectivity index (χ3v) is 4.37. The second kappa shape index (κ2) is 11.6. The van der Waals surface area contributed by atoms with Crippen molar-refractivity contribution in [3.8, 4) is 0 Å². The van der Waals surface area contributed by atoms with Crippen molar-refractivity contribution >= 4 is 35.8 Å². The fourth-order valence-electron chi connectivity index (χ4n) is 3.24. The lowest BCUT2D eigenvalue weighted by Crippen LogP contribution is -2.44. The van der Waals surface area contributed by atoms with Crippen LogP contribution in [-0.2, 0) is 4.79 Å². The molecule has 1 aromatic heterocycles.